The third-order valence-electron chi connectivity index (χ3n) is 5.33. The number of nitrogens with zero attached hydrogens (tertiary/aromatic N) is 1. The lowest BCUT2D eigenvalue weighted by atomic mass is 10.0. The first kappa shape index (κ1) is 31.6. The van der Waals surface area contributed by atoms with Crippen LogP contribution in [0, 0.1) is 0 Å². The first-order valence-corrected chi connectivity index (χ1v) is 11.7. The number of phenols is 1. The van der Waals surface area contributed by atoms with Crippen molar-refractivity contribution >= 4 is 35.6 Å². The molecule has 0 aliphatic rings. The van der Waals surface area contributed by atoms with Crippen LogP contribution in [0.3, 0.4) is 0 Å². The topological polar surface area (TPSA) is 273 Å². The Hall–Kier alpha value is -4.40. The van der Waals surface area contributed by atoms with Crippen LogP contribution in [0.1, 0.15) is 38.2 Å². The maximum Gasteiger partial charge on any atom is 0.326 e. The molecule has 4 atom stereocenters. The number of aliphatic carboxylic acids is 2. The number of nitrogens with one attached hydrogen (secondary N) is 3. The van der Waals surface area contributed by atoms with Crippen molar-refractivity contribution in [1.29, 1.82) is 0 Å². The molecule has 1 aromatic carbocycles. The van der Waals surface area contributed by atoms with Crippen LogP contribution in [0.4, 0.5) is 0 Å². The van der Waals surface area contributed by atoms with E-state index in [1.807, 2.05) is 0 Å². The number of phenolic OH excluding ortho intramolecular Hbond substituents is 1. The summed E-state index contributed by atoms with van der Waals surface area (Å²) in [6, 6.07) is 0.913. The number of benzene rings is 1. The Bertz CT molecular complexity index is 1010. The van der Waals surface area contributed by atoms with Crippen LogP contribution in [0.5, 0.6) is 5.75 Å². The predicted molar refractivity (Wildman–Crippen MR) is 136 cm³/mol. The van der Waals surface area contributed by atoms with E-state index in [0.29, 0.717) is 12.0 Å². The van der Waals surface area contributed by atoms with E-state index in [1.54, 1.807) is 0 Å². The molecule has 0 aromatic heterocycles. The van der Waals surface area contributed by atoms with Crippen molar-refractivity contribution in [3.8, 4) is 5.75 Å². The van der Waals surface area contributed by atoms with E-state index in [4.69, 9.17) is 22.3 Å². The van der Waals surface area contributed by atoms with Crippen molar-refractivity contribution in [2.24, 2.45) is 22.2 Å². The van der Waals surface area contributed by atoms with Crippen molar-refractivity contribution < 1.29 is 39.3 Å². The molecule has 38 heavy (non-hydrogen) atoms. The van der Waals surface area contributed by atoms with Gasteiger partial charge in [0.25, 0.3) is 0 Å². The SMILES string of the molecule is CC(NC(=O)C(N)CCCN=C(N)N)C(=O)NC(Cc1ccc(O)cc1)C(=O)NC(CCC(=O)O)C(=O)O. The molecule has 1 aromatic rings. The number of aliphatic imine (C=N–C) groups is 1. The van der Waals surface area contributed by atoms with Crippen LogP contribution in [-0.4, -0.2) is 81.7 Å². The third-order valence-corrected chi connectivity index (χ3v) is 5.33. The lowest BCUT2D eigenvalue weighted by Crippen LogP contribution is -2.57. The van der Waals surface area contributed by atoms with E-state index in [-0.39, 0.29) is 37.5 Å². The molecule has 0 saturated carbocycles. The molecule has 3 amide bonds. The van der Waals surface area contributed by atoms with E-state index in [0.717, 1.165) is 0 Å². The zero-order chi connectivity index (χ0) is 28.8. The van der Waals surface area contributed by atoms with Gasteiger partial charge in [0, 0.05) is 19.4 Å². The van der Waals surface area contributed by atoms with Gasteiger partial charge in [0.2, 0.25) is 17.7 Å². The highest BCUT2D eigenvalue weighted by molar-refractivity contribution is 5.94. The van der Waals surface area contributed by atoms with E-state index in [2.05, 4.69) is 20.9 Å². The quantitative estimate of drug-likeness (QED) is 0.0616. The molecule has 0 fully saturated rings. The second kappa shape index (κ2) is 15.7. The summed E-state index contributed by atoms with van der Waals surface area (Å²) in [4.78, 5) is 64.2. The smallest absolute Gasteiger partial charge is 0.326 e. The summed E-state index contributed by atoms with van der Waals surface area (Å²) >= 11 is 0. The molecule has 4 unspecified atom stereocenters. The van der Waals surface area contributed by atoms with Crippen molar-refractivity contribution in [3.63, 3.8) is 0 Å². The van der Waals surface area contributed by atoms with E-state index >= 15 is 0 Å². The minimum Gasteiger partial charge on any atom is -0.508 e. The maximum absolute atomic E-state index is 12.9. The number of amides is 3. The molecule has 0 heterocycles. The van der Waals surface area contributed by atoms with Crippen LogP contribution < -0.4 is 33.2 Å². The highest BCUT2D eigenvalue weighted by Gasteiger charge is 2.29. The number of hydrogen-bond acceptors (Lipinski definition) is 8. The average Bonchev–Trinajstić information content (AvgIpc) is 2.84. The molecule has 0 aliphatic heterocycles. The van der Waals surface area contributed by atoms with Crippen LogP contribution in [0.15, 0.2) is 29.3 Å². The molecule has 12 N–H and O–H groups in total. The molecule has 210 valence electrons. The van der Waals surface area contributed by atoms with E-state index in [9.17, 15) is 34.2 Å². The number of carboxylic acids is 2. The van der Waals surface area contributed by atoms with Crippen LogP contribution in [0.2, 0.25) is 0 Å². The summed E-state index contributed by atoms with van der Waals surface area (Å²) in [5, 5.41) is 34.9. The Morgan fingerprint density at radius 1 is 0.895 bits per heavy atom. The van der Waals surface area contributed by atoms with Gasteiger partial charge in [0.15, 0.2) is 5.96 Å². The first-order chi connectivity index (χ1) is 17.8. The number of rotatable bonds is 16. The molecule has 1 rings (SSSR count). The predicted octanol–water partition coefficient (Wildman–Crippen LogP) is -2.26. The molecule has 0 bridgehead atoms. The van der Waals surface area contributed by atoms with Gasteiger partial charge in [-0.15, -0.1) is 0 Å². The zero-order valence-electron chi connectivity index (χ0n) is 20.9. The number of hydrogen-bond donors (Lipinski definition) is 9. The van der Waals surface area contributed by atoms with Gasteiger partial charge in [-0.2, -0.15) is 0 Å². The van der Waals surface area contributed by atoms with Crippen molar-refractivity contribution in [1.82, 2.24) is 16.0 Å². The van der Waals surface area contributed by atoms with Gasteiger partial charge in [0.05, 0.1) is 6.04 Å². The minimum absolute atomic E-state index is 0.0237. The molecule has 0 spiro atoms. The Kier molecular flexibility index (Phi) is 13.0. The van der Waals surface area contributed by atoms with E-state index < -0.39 is 60.2 Å². The summed E-state index contributed by atoms with van der Waals surface area (Å²) < 4.78 is 0. The normalized spacial score (nSPS) is 13.7. The molecular formula is C23H35N7O8. The zero-order valence-corrected chi connectivity index (χ0v) is 20.9. The van der Waals surface area contributed by atoms with Crippen LogP contribution >= 0.6 is 0 Å². The van der Waals surface area contributed by atoms with Crippen LogP contribution in [0.25, 0.3) is 0 Å². The number of carbonyl (C=O) groups is 5. The summed E-state index contributed by atoms with van der Waals surface area (Å²) in [6.45, 7) is 1.65. The molecule has 0 saturated heterocycles. The minimum atomic E-state index is -1.51. The highest BCUT2D eigenvalue weighted by atomic mass is 16.4. The van der Waals surface area contributed by atoms with Gasteiger partial charge >= 0.3 is 11.9 Å². The van der Waals surface area contributed by atoms with Crippen LogP contribution in [-0.2, 0) is 30.4 Å². The molecular weight excluding hydrogens is 502 g/mol. The van der Waals surface area contributed by atoms with Gasteiger partial charge in [-0.25, -0.2) is 4.79 Å². The maximum atomic E-state index is 12.9. The summed E-state index contributed by atoms with van der Waals surface area (Å²) in [5.41, 5.74) is 16.8. The fraction of sp³-hybridized carbons (Fsp3) is 0.478. The summed E-state index contributed by atoms with van der Waals surface area (Å²) in [6.07, 6.45) is -0.288. The number of aromatic hydroxyl groups is 1. The number of nitrogens with two attached hydrogens (primary N) is 3. The van der Waals surface area contributed by atoms with Crippen molar-refractivity contribution in [2.45, 2.75) is 63.2 Å². The second-order valence-electron chi connectivity index (χ2n) is 8.55. The fourth-order valence-electron chi connectivity index (χ4n) is 3.21. The van der Waals surface area contributed by atoms with Gasteiger partial charge in [-0.1, -0.05) is 12.1 Å². The highest BCUT2D eigenvalue weighted by Crippen LogP contribution is 2.12. The Morgan fingerprint density at radius 3 is 2.05 bits per heavy atom. The molecule has 15 heteroatoms. The summed E-state index contributed by atoms with van der Waals surface area (Å²) in [5.74, 6) is -5.03. The average molecular weight is 538 g/mol. The number of carbonyl (C=O) groups excluding carboxylic acids is 3. The van der Waals surface area contributed by atoms with Gasteiger partial charge in [-0.05, 0) is 43.9 Å². The van der Waals surface area contributed by atoms with Gasteiger partial charge in [-0.3, -0.25) is 24.2 Å². The third kappa shape index (κ3) is 12.0. The molecule has 0 radical (unpaired) electrons. The van der Waals surface area contributed by atoms with Crippen molar-refractivity contribution in [2.75, 3.05) is 6.54 Å². The monoisotopic (exact) mass is 537 g/mol. The fourth-order valence-corrected chi connectivity index (χ4v) is 3.21. The second-order valence-corrected chi connectivity index (χ2v) is 8.55. The Labute approximate surface area is 218 Å². The Morgan fingerprint density at radius 2 is 1.50 bits per heavy atom. The van der Waals surface area contributed by atoms with Crippen molar-refractivity contribution in [3.05, 3.63) is 29.8 Å². The first-order valence-electron chi connectivity index (χ1n) is 11.7. The summed E-state index contributed by atoms with van der Waals surface area (Å²) in [7, 11) is 0. The van der Waals surface area contributed by atoms with Gasteiger partial charge in [0.1, 0.15) is 23.9 Å². The molecule has 0 aliphatic carbocycles. The van der Waals surface area contributed by atoms with E-state index in [1.165, 1.54) is 31.2 Å². The van der Waals surface area contributed by atoms with Gasteiger partial charge < -0.3 is 48.5 Å². The standard InChI is InChI=1S/C23H35N7O8/c1-12(28-20(35)15(24)3-2-10-27-23(25)26)19(34)30-17(11-13-4-6-14(31)7-5-13)21(36)29-16(22(37)38)8-9-18(32)33/h4-7,12,15-17,31H,2-3,8-11,24H2,1H3,(H,28,35)(H,29,36)(H,30,34)(H,32,33)(H,37,38)(H4,25,26,27). The lowest BCUT2D eigenvalue weighted by Gasteiger charge is -2.24. The molecule has 15 nitrogen and oxygen atoms in total. The number of carboxylic acid groups (broad SMARTS) is 2. The lowest BCUT2D eigenvalue weighted by molar-refractivity contribution is -0.143. The number of guanidine groups is 1. The Balaban J connectivity index is 2.89. The largest absolute Gasteiger partial charge is 0.508 e.